The Bertz CT molecular complexity index is 1500. The van der Waals surface area contributed by atoms with Gasteiger partial charge in [0.15, 0.2) is 17.5 Å². The molecule has 1 aliphatic rings. The van der Waals surface area contributed by atoms with Crippen molar-refractivity contribution >= 4 is 34.4 Å². The Morgan fingerprint density at radius 3 is 2.95 bits per heavy atom. The van der Waals surface area contributed by atoms with Crippen molar-refractivity contribution in [1.82, 2.24) is 29.8 Å². The van der Waals surface area contributed by atoms with Crippen LogP contribution in [0.4, 0.5) is 10.2 Å². The average Bonchev–Trinajstić information content (AvgIpc) is 3.36. The van der Waals surface area contributed by atoms with Crippen LogP contribution in [0.1, 0.15) is 38.2 Å². The Morgan fingerprint density at radius 2 is 2.13 bits per heavy atom. The number of anilines is 1. The van der Waals surface area contributed by atoms with E-state index >= 15 is 0 Å². The highest BCUT2D eigenvalue weighted by atomic mass is 35.5. The van der Waals surface area contributed by atoms with Gasteiger partial charge in [-0.05, 0) is 43.0 Å². The lowest BCUT2D eigenvalue weighted by atomic mass is 9.99. The van der Waals surface area contributed by atoms with Gasteiger partial charge in [-0.1, -0.05) is 43.2 Å². The summed E-state index contributed by atoms with van der Waals surface area (Å²) in [6.45, 7) is 2.09. The zero-order chi connectivity index (χ0) is 27.2. The topological polar surface area (TPSA) is 99.7 Å². The molecule has 10 heteroatoms. The second-order valence-electron chi connectivity index (χ2n) is 9.48. The predicted molar refractivity (Wildman–Crippen MR) is 150 cm³/mol. The van der Waals surface area contributed by atoms with Crippen molar-refractivity contribution in [3.8, 4) is 11.4 Å². The van der Waals surface area contributed by atoms with Crippen LogP contribution < -0.4 is 5.32 Å². The number of carbonyl (C=O) groups excluding carboxylic acids is 1. The number of carbonyl (C=O) groups is 1. The Kier molecular flexibility index (Phi) is 8.27. The van der Waals surface area contributed by atoms with Crippen molar-refractivity contribution in [3.63, 3.8) is 0 Å². The number of pyridine rings is 2. The van der Waals surface area contributed by atoms with Gasteiger partial charge >= 0.3 is 0 Å². The molecule has 0 bridgehead atoms. The van der Waals surface area contributed by atoms with Crippen LogP contribution >= 0.6 is 11.6 Å². The molecule has 0 aromatic carbocycles. The molecule has 0 aliphatic carbocycles. The van der Waals surface area contributed by atoms with Gasteiger partial charge in [-0.3, -0.25) is 9.78 Å². The third-order valence-electron chi connectivity index (χ3n) is 6.69. The number of hydrogen-bond acceptors (Lipinski definition) is 6. The molecule has 2 N–H and O–H groups in total. The van der Waals surface area contributed by atoms with Gasteiger partial charge < -0.3 is 15.2 Å². The number of halogens is 2. The number of allylic oxidation sites excluding steroid dienone is 2. The minimum atomic E-state index is -0.523. The zero-order valence-corrected chi connectivity index (χ0v) is 22.3. The summed E-state index contributed by atoms with van der Waals surface area (Å²) in [5.41, 5.74) is 2.22. The lowest BCUT2D eigenvalue weighted by Gasteiger charge is -2.30. The van der Waals surface area contributed by atoms with Crippen LogP contribution in [0.15, 0.2) is 73.6 Å². The van der Waals surface area contributed by atoms with Crippen LogP contribution in [-0.2, 0) is 11.2 Å². The normalized spacial score (nSPS) is 15.6. The monoisotopic (exact) mass is 545 g/mol. The number of aromatic nitrogens is 5. The van der Waals surface area contributed by atoms with Crippen molar-refractivity contribution in [1.29, 1.82) is 0 Å². The van der Waals surface area contributed by atoms with Gasteiger partial charge in [0.25, 0.3) is 0 Å². The molecule has 1 aliphatic heterocycles. The highest BCUT2D eigenvalue weighted by molar-refractivity contribution is 6.31. The fraction of sp³-hybridized carbons (Fsp3) is 0.276. The van der Waals surface area contributed by atoms with Gasteiger partial charge in [-0.25, -0.2) is 19.3 Å². The molecule has 1 unspecified atom stereocenters. The summed E-state index contributed by atoms with van der Waals surface area (Å²) < 4.78 is 14.9. The van der Waals surface area contributed by atoms with Gasteiger partial charge in [0, 0.05) is 48.0 Å². The van der Waals surface area contributed by atoms with Crippen molar-refractivity contribution < 1.29 is 9.18 Å². The Hall–Kier alpha value is -4.11. The Labute approximate surface area is 231 Å². The molecule has 0 saturated carbocycles. The number of amides is 1. The van der Waals surface area contributed by atoms with Crippen molar-refractivity contribution in [2.24, 2.45) is 0 Å². The molecule has 200 valence electrons. The molecule has 4 aromatic rings. The molecule has 4 aromatic heterocycles. The average molecular weight is 546 g/mol. The van der Waals surface area contributed by atoms with E-state index in [2.05, 4.69) is 37.2 Å². The van der Waals surface area contributed by atoms with Crippen LogP contribution in [0.2, 0.25) is 5.02 Å². The minimum Gasteiger partial charge on any atom is -0.365 e. The maximum Gasteiger partial charge on any atom is 0.231 e. The van der Waals surface area contributed by atoms with E-state index in [0.717, 1.165) is 30.2 Å². The molecule has 0 radical (unpaired) electrons. The smallest absolute Gasteiger partial charge is 0.231 e. The minimum absolute atomic E-state index is 0.00779. The first-order valence-electron chi connectivity index (χ1n) is 13.0. The number of hydrogen-bond donors (Lipinski definition) is 2. The predicted octanol–water partition coefficient (Wildman–Crippen LogP) is 6.09. The second kappa shape index (κ2) is 12.2. The van der Waals surface area contributed by atoms with E-state index in [1.165, 1.54) is 6.20 Å². The van der Waals surface area contributed by atoms with Gasteiger partial charge in [-0.15, -0.1) is 0 Å². The lowest BCUT2D eigenvalue weighted by molar-refractivity contribution is -0.129. The fourth-order valence-corrected chi connectivity index (χ4v) is 4.93. The second-order valence-corrected chi connectivity index (χ2v) is 9.92. The molecule has 5 rings (SSSR count). The highest BCUT2D eigenvalue weighted by Gasteiger charge is 2.23. The summed E-state index contributed by atoms with van der Waals surface area (Å²) in [4.78, 5) is 35.0. The molecule has 2 atom stereocenters. The number of H-pyrrole nitrogens is 1. The standard InChI is InChI=1S/C29H29ClFN7O/c1-2-6-21(9-10-22-8-3-4-12-38(22)26(39)13-19-7-5-11-32-15-19)36-29-25(31)18-35-28(37-29)24-17-34-27-23(24)14-20(30)16-33-27/h3-5,7-8,11-12,14-18,21-22H,2,6,9-10,13H2,1H3,(H,33,34)(H,35,36,37)/t21?,22-/m1/s1. The fourth-order valence-electron chi connectivity index (χ4n) is 4.77. The lowest BCUT2D eigenvalue weighted by Crippen LogP contribution is -2.38. The van der Waals surface area contributed by atoms with E-state index in [1.807, 2.05) is 36.6 Å². The van der Waals surface area contributed by atoms with E-state index in [1.54, 1.807) is 35.8 Å². The van der Waals surface area contributed by atoms with Crippen molar-refractivity contribution in [3.05, 3.63) is 90.0 Å². The van der Waals surface area contributed by atoms with Crippen molar-refractivity contribution in [2.45, 2.75) is 51.1 Å². The summed E-state index contributed by atoms with van der Waals surface area (Å²) in [7, 11) is 0. The first-order valence-corrected chi connectivity index (χ1v) is 13.4. The van der Waals surface area contributed by atoms with Crippen LogP contribution in [0.3, 0.4) is 0 Å². The third kappa shape index (κ3) is 6.31. The maximum atomic E-state index is 14.9. The molecule has 39 heavy (non-hydrogen) atoms. The summed E-state index contributed by atoms with van der Waals surface area (Å²) in [6.07, 6.45) is 19.0. The molecule has 0 fully saturated rings. The first-order chi connectivity index (χ1) is 19.0. The summed E-state index contributed by atoms with van der Waals surface area (Å²) in [6, 6.07) is 5.38. The summed E-state index contributed by atoms with van der Waals surface area (Å²) in [5.74, 6) is 0.00130. The first kappa shape index (κ1) is 26.5. The third-order valence-corrected chi connectivity index (χ3v) is 6.89. The van der Waals surface area contributed by atoms with Gasteiger partial charge in [0.05, 0.1) is 23.7 Å². The van der Waals surface area contributed by atoms with Crippen LogP contribution in [0, 0.1) is 5.82 Å². The summed E-state index contributed by atoms with van der Waals surface area (Å²) in [5, 5.41) is 4.56. The Morgan fingerprint density at radius 1 is 1.23 bits per heavy atom. The van der Waals surface area contributed by atoms with Gasteiger partial charge in [0.1, 0.15) is 5.65 Å². The molecular weight excluding hydrogens is 517 g/mol. The molecule has 0 spiro atoms. The number of aromatic amines is 1. The van der Waals surface area contributed by atoms with E-state index in [-0.39, 0.29) is 30.2 Å². The number of fused-ring (bicyclic) bond motifs is 1. The largest absolute Gasteiger partial charge is 0.365 e. The van der Waals surface area contributed by atoms with E-state index in [9.17, 15) is 9.18 Å². The van der Waals surface area contributed by atoms with Crippen LogP contribution in [0.5, 0.6) is 0 Å². The van der Waals surface area contributed by atoms with Crippen LogP contribution in [-0.4, -0.2) is 47.8 Å². The van der Waals surface area contributed by atoms with Gasteiger partial charge in [0.2, 0.25) is 5.91 Å². The zero-order valence-electron chi connectivity index (χ0n) is 21.5. The summed E-state index contributed by atoms with van der Waals surface area (Å²) >= 11 is 6.14. The van der Waals surface area contributed by atoms with Gasteiger partial charge in [-0.2, -0.15) is 0 Å². The van der Waals surface area contributed by atoms with Crippen molar-refractivity contribution in [2.75, 3.05) is 5.32 Å². The van der Waals surface area contributed by atoms with E-state index < -0.39 is 5.82 Å². The number of rotatable bonds is 10. The molecule has 8 nitrogen and oxygen atoms in total. The molecule has 1 amide bonds. The molecular formula is C29H29ClFN7O. The number of nitrogens with one attached hydrogen (secondary N) is 2. The maximum absolute atomic E-state index is 14.9. The molecule has 0 saturated heterocycles. The highest BCUT2D eigenvalue weighted by Crippen LogP contribution is 2.29. The Balaban J connectivity index is 1.29. The van der Waals surface area contributed by atoms with E-state index in [4.69, 9.17) is 11.6 Å². The number of nitrogens with zero attached hydrogens (tertiary/aromatic N) is 5. The SMILES string of the molecule is CCCC(CC[C@H]1C=CC=CN1C(=O)Cc1cccnc1)Nc1nc(-c2c[nH]c3ncc(Cl)cc23)ncc1F. The van der Waals surface area contributed by atoms with E-state index in [0.29, 0.717) is 28.5 Å². The quantitative estimate of drug-likeness (QED) is 0.250. The molecule has 5 heterocycles. The van der Waals surface area contributed by atoms with Crippen LogP contribution in [0.25, 0.3) is 22.4 Å².